The van der Waals surface area contributed by atoms with E-state index in [1.165, 1.54) is 12.8 Å². The van der Waals surface area contributed by atoms with Crippen LogP contribution in [0.2, 0.25) is 0 Å². The van der Waals surface area contributed by atoms with Crippen LogP contribution in [0.1, 0.15) is 32.6 Å². The molecule has 0 aromatic heterocycles. The lowest BCUT2D eigenvalue weighted by molar-refractivity contribution is -0.130. The second-order valence-electron chi connectivity index (χ2n) is 3.85. The Hall–Kier alpha value is -0.220. The predicted octanol–water partition coefficient (Wildman–Crippen LogP) is 1.50. The van der Waals surface area contributed by atoms with Gasteiger partial charge in [-0.15, -0.1) is 11.8 Å². The first-order valence-corrected chi connectivity index (χ1v) is 6.85. The van der Waals surface area contributed by atoms with Crippen LogP contribution in [0.15, 0.2) is 0 Å². The number of rotatable bonds is 5. The summed E-state index contributed by atoms with van der Waals surface area (Å²) in [7, 11) is 0. The van der Waals surface area contributed by atoms with Gasteiger partial charge in [-0.25, -0.2) is 0 Å². The molecule has 1 atom stereocenters. The molecule has 4 heteroatoms. The van der Waals surface area contributed by atoms with Crippen LogP contribution in [0.4, 0.5) is 0 Å². The Labute approximate surface area is 96.2 Å². The maximum Gasteiger partial charge on any atom is 0.235 e. The zero-order valence-electron chi connectivity index (χ0n) is 9.45. The van der Waals surface area contributed by atoms with Crippen molar-refractivity contribution in [1.82, 2.24) is 4.90 Å². The van der Waals surface area contributed by atoms with Crippen molar-refractivity contribution in [2.24, 2.45) is 0 Å². The second-order valence-corrected chi connectivity index (χ2v) is 5.16. The Balaban J connectivity index is 2.40. The first-order valence-electron chi connectivity index (χ1n) is 5.80. The van der Waals surface area contributed by atoms with Crippen LogP contribution in [0.5, 0.6) is 0 Å². The number of amides is 1. The van der Waals surface area contributed by atoms with Gasteiger partial charge in [-0.3, -0.25) is 4.79 Å². The number of aliphatic hydroxyl groups is 1. The molecule has 0 saturated carbocycles. The number of nitrogens with zero attached hydrogens (tertiary/aromatic N) is 1. The topological polar surface area (TPSA) is 40.5 Å². The van der Waals surface area contributed by atoms with Gasteiger partial charge in [-0.2, -0.15) is 0 Å². The van der Waals surface area contributed by atoms with Gasteiger partial charge in [0.25, 0.3) is 0 Å². The van der Waals surface area contributed by atoms with Crippen molar-refractivity contribution in [3.05, 3.63) is 0 Å². The number of thioether (sulfide) groups is 1. The molecule has 1 aliphatic rings. The summed E-state index contributed by atoms with van der Waals surface area (Å²) in [5.41, 5.74) is 0. The van der Waals surface area contributed by atoms with Crippen LogP contribution in [-0.4, -0.2) is 46.6 Å². The van der Waals surface area contributed by atoms with E-state index >= 15 is 0 Å². The molecule has 0 bridgehead atoms. The number of carbonyl (C=O) groups is 1. The Kier molecular flexibility index (Phi) is 6.10. The van der Waals surface area contributed by atoms with Gasteiger partial charge in [0.05, 0.1) is 5.25 Å². The molecular weight excluding hydrogens is 210 g/mol. The molecule has 0 aromatic carbocycles. The Bertz CT molecular complexity index is 193. The molecular formula is C11H21NO2S. The maximum atomic E-state index is 12.1. The lowest BCUT2D eigenvalue weighted by Gasteiger charge is -2.28. The maximum absolute atomic E-state index is 12.1. The van der Waals surface area contributed by atoms with E-state index < -0.39 is 0 Å². The van der Waals surface area contributed by atoms with Crippen molar-refractivity contribution in [2.45, 2.75) is 37.9 Å². The molecule has 0 aromatic rings. The van der Waals surface area contributed by atoms with Gasteiger partial charge in [0.2, 0.25) is 5.91 Å². The summed E-state index contributed by atoms with van der Waals surface area (Å²) in [6.07, 6.45) is 4.15. The van der Waals surface area contributed by atoms with E-state index in [9.17, 15) is 4.79 Å². The summed E-state index contributed by atoms with van der Waals surface area (Å²) in [4.78, 5) is 13.9. The third-order valence-corrected chi connectivity index (χ3v) is 4.10. The van der Waals surface area contributed by atoms with Crippen LogP contribution in [0.25, 0.3) is 0 Å². The van der Waals surface area contributed by atoms with Gasteiger partial charge in [-0.05, 0) is 31.9 Å². The van der Waals surface area contributed by atoms with Crippen molar-refractivity contribution in [3.63, 3.8) is 0 Å². The molecule has 1 N–H and O–H groups in total. The quantitative estimate of drug-likeness (QED) is 0.779. The van der Waals surface area contributed by atoms with Gasteiger partial charge in [0.1, 0.15) is 0 Å². The molecule has 0 radical (unpaired) electrons. The van der Waals surface area contributed by atoms with Crippen molar-refractivity contribution in [2.75, 3.05) is 25.4 Å². The molecule has 0 spiro atoms. The van der Waals surface area contributed by atoms with E-state index in [4.69, 9.17) is 5.11 Å². The molecule has 1 saturated heterocycles. The van der Waals surface area contributed by atoms with Crippen molar-refractivity contribution in [1.29, 1.82) is 0 Å². The highest BCUT2D eigenvalue weighted by Gasteiger charge is 2.25. The first-order chi connectivity index (χ1) is 7.29. The van der Waals surface area contributed by atoms with E-state index in [0.29, 0.717) is 13.0 Å². The summed E-state index contributed by atoms with van der Waals surface area (Å²) >= 11 is 1.79. The van der Waals surface area contributed by atoms with Gasteiger partial charge in [-0.1, -0.05) is 6.42 Å². The molecule has 1 unspecified atom stereocenters. The fraction of sp³-hybridized carbons (Fsp3) is 0.909. The lowest BCUT2D eigenvalue weighted by Crippen LogP contribution is -2.39. The zero-order valence-corrected chi connectivity index (χ0v) is 10.3. The summed E-state index contributed by atoms with van der Waals surface area (Å²) in [6, 6.07) is 0. The van der Waals surface area contributed by atoms with Gasteiger partial charge in [0, 0.05) is 19.7 Å². The van der Waals surface area contributed by atoms with Crippen LogP contribution in [0.3, 0.4) is 0 Å². The zero-order chi connectivity index (χ0) is 11.1. The molecule has 1 rings (SSSR count). The number of hydrogen-bond acceptors (Lipinski definition) is 3. The van der Waals surface area contributed by atoms with E-state index in [2.05, 4.69) is 0 Å². The minimum absolute atomic E-state index is 0.168. The van der Waals surface area contributed by atoms with Gasteiger partial charge >= 0.3 is 0 Å². The van der Waals surface area contributed by atoms with Gasteiger partial charge < -0.3 is 10.0 Å². The van der Waals surface area contributed by atoms with E-state index in [1.807, 2.05) is 11.8 Å². The molecule has 1 amide bonds. The van der Waals surface area contributed by atoms with Crippen LogP contribution in [0, 0.1) is 0 Å². The highest BCUT2D eigenvalue weighted by Crippen LogP contribution is 2.26. The average molecular weight is 231 g/mol. The smallest absolute Gasteiger partial charge is 0.235 e. The fourth-order valence-electron chi connectivity index (χ4n) is 1.82. The monoisotopic (exact) mass is 231 g/mol. The average Bonchev–Trinajstić information content (AvgIpc) is 2.31. The van der Waals surface area contributed by atoms with Crippen LogP contribution in [-0.2, 0) is 4.79 Å². The number of aliphatic hydroxyl groups excluding tert-OH is 1. The SMILES string of the molecule is CCN(CCCO)C(=O)C1CCCCS1. The van der Waals surface area contributed by atoms with Crippen molar-refractivity contribution >= 4 is 17.7 Å². The van der Waals surface area contributed by atoms with Crippen molar-refractivity contribution < 1.29 is 9.90 Å². The molecule has 15 heavy (non-hydrogen) atoms. The fourth-order valence-corrected chi connectivity index (χ4v) is 3.11. The van der Waals surface area contributed by atoms with Crippen LogP contribution >= 0.6 is 11.8 Å². The Morgan fingerprint density at radius 1 is 1.53 bits per heavy atom. The van der Waals surface area contributed by atoms with E-state index in [-0.39, 0.29) is 17.8 Å². The summed E-state index contributed by atoms with van der Waals surface area (Å²) in [6.45, 7) is 3.63. The minimum atomic E-state index is 0.168. The molecule has 1 heterocycles. The lowest BCUT2D eigenvalue weighted by atomic mass is 10.1. The largest absolute Gasteiger partial charge is 0.396 e. The molecule has 3 nitrogen and oxygen atoms in total. The third kappa shape index (κ3) is 4.03. The van der Waals surface area contributed by atoms with E-state index in [0.717, 1.165) is 18.7 Å². The summed E-state index contributed by atoms with van der Waals surface area (Å²) < 4.78 is 0. The first kappa shape index (κ1) is 12.8. The number of hydrogen-bond donors (Lipinski definition) is 1. The molecule has 88 valence electrons. The Morgan fingerprint density at radius 3 is 2.87 bits per heavy atom. The molecule has 1 fully saturated rings. The third-order valence-electron chi connectivity index (χ3n) is 2.73. The number of carbonyl (C=O) groups excluding carboxylic acids is 1. The predicted molar refractivity (Wildman–Crippen MR) is 64.1 cm³/mol. The summed E-state index contributed by atoms with van der Waals surface area (Å²) in [5, 5.41) is 8.94. The summed E-state index contributed by atoms with van der Waals surface area (Å²) in [5.74, 6) is 1.39. The second kappa shape index (κ2) is 7.12. The van der Waals surface area contributed by atoms with Crippen molar-refractivity contribution in [3.8, 4) is 0 Å². The highest BCUT2D eigenvalue weighted by molar-refractivity contribution is 8.00. The highest BCUT2D eigenvalue weighted by atomic mass is 32.2. The molecule has 1 aliphatic heterocycles. The standard InChI is InChI=1S/C11H21NO2S/c1-2-12(7-5-8-13)11(14)10-6-3-4-9-15-10/h10,13H,2-9H2,1H3. The van der Waals surface area contributed by atoms with Crippen LogP contribution < -0.4 is 0 Å². The minimum Gasteiger partial charge on any atom is -0.396 e. The van der Waals surface area contributed by atoms with Gasteiger partial charge in [0.15, 0.2) is 0 Å². The molecule has 0 aliphatic carbocycles. The normalized spacial score (nSPS) is 21.3. The Morgan fingerprint density at radius 2 is 2.33 bits per heavy atom. The van der Waals surface area contributed by atoms with E-state index in [1.54, 1.807) is 11.8 Å².